The first-order valence-electron chi connectivity index (χ1n) is 5.66. The average molecular weight is 280 g/mol. The van der Waals surface area contributed by atoms with Crippen LogP contribution in [0.3, 0.4) is 0 Å². The van der Waals surface area contributed by atoms with E-state index in [0.717, 1.165) is 0 Å². The second-order valence-corrected chi connectivity index (χ2v) is 4.61. The van der Waals surface area contributed by atoms with E-state index in [1.54, 1.807) is 32.2 Å². The van der Waals surface area contributed by atoms with E-state index in [1.165, 1.54) is 4.90 Å². The van der Waals surface area contributed by atoms with Crippen LogP contribution in [0.25, 0.3) is 0 Å². The zero-order valence-electron chi connectivity index (χ0n) is 10.6. The Bertz CT molecular complexity index is 610. The van der Waals surface area contributed by atoms with E-state index >= 15 is 0 Å². The molecule has 2 aromatic rings. The molecule has 1 heterocycles. The van der Waals surface area contributed by atoms with E-state index in [1.807, 2.05) is 0 Å². The highest BCUT2D eigenvalue weighted by molar-refractivity contribution is 6.33. The number of halogens is 1. The minimum Gasteiger partial charge on any atom is -0.397 e. The molecular weight excluding hydrogens is 266 g/mol. The van der Waals surface area contributed by atoms with Gasteiger partial charge in [0.25, 0.3) is 5.91 Å². The van der Waals surface area contributed by atoms with Gasteiger partial charge in [0, 0.05) is 7.05 Å². The lowest BCUT2D eigenvalue weighted by Crippen LogP contribution is -2.27. The number of para-hydroxylation sites is 1. The quantitative estimate of drug-likeness (QED) is 0.836. The van der Waals surface area contributed by atoms with Crippen LogP contribution in [-0.2, 0) is 6.54 Å². The largest absolute Gasteiger partial charge is 0.397 e. The molecule has 0 aliphatic rings. The fourth-order valence-corrected chi connectivity index (χ4v) is 1.85. The first kappa shape index (κ1) is 13.4. The van der Waals surface area contributed by atoms with Crippen LogP contribution in [0.5, 0.6) is 0 Å². The van der Waals surface area contributed by atoms with E-state index in [2.05, 4.69) is 15.2 Å². The Morgan fingerprint density at radius 1 is 1.53 bits per heavy atom. The molecule has 1 aromatic heterocycles. The molecule has 0 unspecified atom stereocenters. The van der Waals surface area contributed by atoms with E-state index in [4.69, 9.17) is 17.3 Å². The summed E-state index contributed by atoms with van der Waals surface area (Å²) in [4.78, 5) is 17.9. The number of nitrogens with two attached hydrogens (primary N) is 1. The number of benzene rings is 1. The van der Waals surface area contributed by atoms with Crippen molar-refractivity contribution in [1.82, 2.24) is 20.1 Å². The van der Waals surface area contributed by atoms with Crippen molar-refractivity contribution < 1.29 is 4.79 Å². The molecule has 1 amide bonds. The van der Waals surface area contributed by atoms with Crippen molar-refractivity contribution in [3.63, 3.8) is 0 Å². The molecule has 100 valence electrons. The number of rotatable bonds is 3. The van der Waals surface area contributed by atoms with Gasteiger partial charge in [-0.05, 0) is 19.1 Å². The molecule has 0 atom stereocenters. The highest BCUT2D eigenvalue weighted by atomic mass is 35.5. The molecule has 0 fully saturated rings. The molecule has 6 nitrogen and oxygen atoms in total. The number of nitrogens with zero attached hydrogens (tertiary/aromatic N) is 3. The summed E-state index contributed by atoms with van der Waals surface area (Å²) >= 11 is 5.90. The monoisotopic (exact) mass is 279 g/mol. The number of carbonyl (C=O) groups is 1. The maximum atomic E-state index is 12.3. The van der Waals surface area contributed by atoms with Gasteiger partial charge < -0.3 is 10.6 Å². The Morgan fingerprint density at radius 3 is 2.89 bits per heavy atom. The van der Waals surface area contributed by atoms with Crippen LogP contribution in [0.1, 0.15) is 22.0 Å². The fourth-order valence-electron chi connectivity index (χ4n) is 1.67. The highest BCUT2D eigenvalue weighted by Crippen LogP contribution is 2.23. The van der Waals surface area contributed by atoms with Gasteiger partial charge in [0.05, 0.1) is 22.8 Å². The van der Waals surface area contributed by atoms with Gasteiger partial charge >= 0.3 is 0 Å². The van der Waals surface area contributed by atoms with Crippen molar-refractivity contribution in [3.8, 4) is 0 Å². The predicted octanol–water partition coefficient (Wildman–Crippen LogP) is 1.62. The molecule has 1 aromatic carbocycles. The van der Waals surface area contributed by atoms with Crippen LogP contribution < -0.4 is 5.73 Å². The third-order valence-electron chi connectivity index (χ3n) is 2.65. The van der Waals surface area contributed by atoms with Gasteiger partial charge in [0.2, 0.25) is 0 Å². The number of nitrogens with one attached hydrogen (secondary N) is 1. The Balaban J connectivity index is 2.17. The van der Waals surface area contributed by atoms with Crippen molar-refractivity contribution in [2.24, 2.45) is 0 Å². The minimum absolute atomic E-state index is 0.220. The van der Waals surface area contributed by atoms with Crippen LogP contribution in [-0.4, -0.2) is 33.0 Å². The minimum atomic E-state index is -0.220. The molecule has 0 radical (unpaired) electrons. The topological polar surface area (TPSA) is 87.9 Å². The molecule has 0 saturated carbocycles. The first-order valence-corrected chi connectivity index (χ1v) is 6.04. The number of hydrogen-bond donors (Lipinski definition) is 2. The Kier molecular flexibility index (Phi) is 3.71. The zero-order chi connectivity index (χ0) is 14.0. The first-order chi connectivity index (χ1) is 8.99. The number of aromatic amines is 1. The van der Waals surface area contributed by atoms with Crippen LogP contribution >= 0.6 is 11.6 Å². The Hall–Kier alpha value is -2.08. The van der Waals surface area contributed by atoms with Gasteiger partial charge in [-0.3, -0.25) is 9.89 Å². The van der Waals surface area contributed by atoms with Gasteiger partial charge in [-0.2, -0.15) is 5.10 Å². The van der Waals surface area contributed by atoms with Crippen molar-refractivity contribution in [2.75, 3.05) is 12.8 Å². The van der Waals surface area contributed by atoms with Gasteiger partial charge in [-0.1, -0.05) is 17.7 Å². The van der Waals surface area contributed by atoms with Crippen LogP contribution in [0, 0.1) is 6.92 Å². The zero-order valence-corrected chi connectivity index (χ0v) is 11.4. The summed E-state index contributed by atoms with van der Waals surface area (Å²) in [6.45, 7) is 2.10. The summed E-state index contributed by atoms with van der Waals surface area (Å²) in [5, 5.41) is 7.08. The molecule has 0 bridgehead atoms. The summed E-state index contributed by atoms with van der Waals surface area (Å²) < 4.78 is 0. The van der Waals surface area contributed by atoms with E-state index in [-0.39, 0.29) is 11.6 Å². The molecule has 0 spiro atoms. The van der Waals surface area contributed by atoms with Crippen molar-refractivity contribution in [1.29, 1.82) is 0 Å². The molecule has 0 saturated heterocycles. The number of carbonyl (C=O) groups excluding carboxylic acids is 1. The predicted molar refractivity (Wildman–Crippen MR) is 72.8 cm³/mol. The summed E-state index contributed by atoms with van der Waals surface area (Å²) in [6, 6.07) is 4.98. The SMILES string of the molecule is Cc1nc(CN(C)C(=O)c2cccc(Cl)c2N)n[nH]1. The lowest BCUT2D eigenvalue weighted by Gasteiger charge is -2.16. The summed E-state index contributed by atoms with van der Waals surface area (Å²) in [6.07, 6.45) is 0. The molecule has 3 N–H and O–H groups in total. The summed E-state index contributed by atoms with van der Waals surface area (Å²) in [5.41, 5.74) is 6.46. The summed E-state index contributed by atoms with van der Waals surface area (Å²) in [5.74, 6) is 1.04. The van der Waals surface area contributed by atoms with E-state index in [9.17, 15) is 4.79 Å². The maximum absolute atomic E-state index is 12.3. The molecular formula is C12H14ClN5O. The van der Waals surface area contributed by atoms with Gasteiger partial charge in [0.15, 0.2) is 5.82 Å². The van der Waals surface area contributed by atoms with Crippen molar-refractivity contribution >= 4 is 23.2 Å². The summed E-state index contributed by atoms with van der Waals surface area (Å²) in [7, 11) is 1.66. The Morgan fingerprint density at radius 2 is 2.26 bits per heavy atom. The van der Waals surface area contributed by atoms with Crippen LogP contribution in [0.2, 0.25) is 5.02 Å². The van der Waals surface area contributed by atoms with Crippen LogP contribution in [0.4, 0.5) is 5.69 Å². The fraction of sp³-hybridized carbons (Fsp3) is 0.250. The molecule has 2 rings (SSSR count). The van der Waals surface area contributed by atoms with E-state index < -0.39 is 0 Å². The van der Waals surface area contributed by atoms with E-state index in [0.29, 0.717) is 28.8 Å². The molecule has 0 aliphatic heterocycles. The van der Waals surface area contributed by atoms with Crippen molar-refractivity contribution in [2.45, 2.75) is 13.5 Å². The number of anilines is 1. The highest BCUT2D eigenvalue weighted by Gasteiger charge is 2.17. The lowest BCUT2D eigenvalue weighted by molar-refractivity contribution is 0.0782. The third kappa shape index (κ3) is 2.85. The molecule has 19 heavy (non-hydrogen) atoms. The average Bonchev–Trinajstić information content (AvgIpc) is 2.77. The molecule has 0 aliphatic carbocycles. The molecule has 7 heteroatoms. The standard InChI is InChI=1S/C12H14ClN5O/c1-7-15-10(17-16-7)6-18(2)12(19)8-4-3-5-9(13)11(8)14/h3-5H,6,14H2,1-2H3,(H,15,16,17). The van der Waals surface area contributed by atoms with Gasteiger partial charge in [0.1, 0.15) is 5.82 Å². The second-order valence-electron chi connectivity index (χ2n) is 4.20. The number of aryl methyl sites for hydroxylation is 1. The third-order valence-corrected chi connectivity index (χ3v) is 2.98. The normalized spacial score (nSPS) is 10.5. The van der Waals surface area contributed by atoms with Crippen molar-refractivity contribution in [3.05, 3.63) is 40.4 Å². The maximum Gasteiger partial charge on any atom is 0.256 e. The van der Waals surface area contributed by atoms with Crippen LogP contribution in [0.15, 0.2) is 18.2 Å². The number of nitrogen functional groups attached to an aromatic ring is 1. The number of hydrogen-bond acceptors (Lipinski definition) is 4. The van der Waals surface area contributed by atoms with Gasteiger partial charge in [-0.25, -0.2) is 4.98 Å². The Labute approximate surface area is 115 Å². The smallest absolute Gasteiger partial charge is 0.256 e. The second kappa shape index (κ2) is 5.27. The lowest BCUT2D eigenvalue weighted by atomic mass is 10.1. The number of H-pyrrole nitrogens is 1. The number of aromatic nitrogens is 3. The van der Waals surface area contributed by atoms with Gasteiger partial charge in [-0.15, -0.1) is 0 Å². The number of amides is 1.